The fourth-order valence-electron chi connectivity index (χ4n) is 5.66. The van der Waals surface area contributed by atoms with Gasteiger partial charge in [0.15, 0.2) is 25.0 Å². The van der Waals surface area contributed by atoms with Crippen LogP contribution in [0.25, 0.3) is 0 Å². The van der Waals surface area contributed by atoms with E-state index < -0.39 is 25.0 Å². The van der Waals surface area contributed by atoms with Crippen LogP contribution in [0.5, 0.6) is 0 Å². The van der Waals surface area contributed by atoms with Gasteiger partial charge in [-0.15, -0.1) is 0 Å². The summed E-state index contributed by atoms with van der Waals surface area (Å²) >= 11 is 2.26. The Balaban J connectivity index is 0.0000137. The maximum atomic E-state index is 7.62. The number of rotatable bonds is 20. The Morgan fingerprint density at radius 2 is 1.03 bits per heavy atom. The number of halogens is 1. The van der Waals surface area contributed by atoms with Gasteiger partial charge in [-0.3, -0.25) is 0 Å². The van der Waals surface area contributed by atoms with E-state index in [1.807, 2.05) is 0 Å². The summed E-state index contributed by atoms with van der Waals surface area (Å²) in [5.41, 5.74) is 0. The Morgan fingerprint density at radius 3 is 1.35 bits per heavy atom. The largest absolute Gasteiger partial charge is 0.409 e. The minimum atomic E-state index is -2.03. The predicted octanol–water partition coefficient (Wildman–Crippen LogP) is 7.87. The molecule has 1 N–H and O–H groups in total. The van der Waals surface area contributed by atoms with E-state index in [0.717, 1.165) is 54.4 Å². The first-order chi connectivity index (χ1) is 17.7. The molecule has 0 aromatic rings. The van der Waals surface area contributed by atoms with Crippen LogP contribution in [0.3, 0.4) is 0 Å². The molecule has 0 aromatic carbocycles. The van der Waals surface area contributed by atoms with Gasteiger partial charge < -0.3 is 27.6 Å². The molecule has 6 atom stereocenters. The summed E-state index contributed by atoms with van der Waals surface area (Å²) in [7, 11) is -6.05. The summed E-state index contributed by atoms with van der Waals surface area (Å²) in [6.07, 6.45) is -1.47. The zero-order chi connectivity index (χ0) is 28.1. The quantitative estimate of drug-likeness (QED) is 0.0778. The molecular weight excluding hydrogens is 689 g/mol. The fraction of sp³-hybridized carbons (Fsp3) is 1.00. The van der Waals surface area contributed by atoms with Crippen LogP contribution in [0.1, 0.15) is 62.3 Å². The van der Waals surface area contributed by atoms with E-state index >= 15 is 0 Å². The van der Waals surface area contributed by atoms with Gasteiger partial charge in [0.2, 0.25) is 1.43 Å². The summed E-state index contributed by atoms with van der Waals surface area (Å²) in [5.74, 6) is 0. The van der Waals surface area contributed by atoms with Gasteiger partial charge in [0, 0.05) is 18.6 Å². The summed E-state index contributed by atoms with van der Waals surface area (Å²) in [6.45, 7) is 21.4. The van der Waals surface area contributed by atoms with Gasteiger partial charge in [-0.2, -0.15) is 0 Å². The number of aliphatic hydroxyl groups is 1. The first-order valence-electron chi connectivity index (χ1n) is 14.9. The molecule has 37 heavy (non-hydrogen) atoms. The maximum Gasteiger partial charge on any atom is 0.210 e. The SMILES string of the molecule is [2H]OCC1O[C@H](COPI)[C@H](O[Si](CC)(CC)CC)[C@H](O[Si](CC)(CC)CC)[C@H]1O[Si](CC)(CC)CC.[V]. The van der Waals surface area contributed by atoms with Crippen LogP contribution in [0, 0.1) is 0 Å². The second-order valence-corrected chi connectivity index (χ2v) is 26.2. The predicted molar refractivity (Wildman–Crippen MR) is 170 cm³/mol. The molecule has 1 radical (unpaired) electrons. The zero-order valence-corrected chi connectivity index (χ0v) is 32.5. The van der Waals surface area contributed by atoms with Gasteiger partial charge >= 0.3 is 0 Å². The van der Waals surface area contributed by atoms with Crippen LogP contribution in [-0.4, -0.2) is 75.2 Å². The van der Waals surface area contributed by atoms with Crippen LogP contribution < -0.4 is 0 Å². The van der Waals surface area contributed by atoms with Crippen LogP contribution in [-0.2, 0) is 41.1 Å². The molecule has 1 aliphatic rings. The summed E-state index contributed by atoms with van der Waals surface area (Å²) in [5, 5.41) is 4.98. The Kier molecular flexibility index (Phi) is 19.5. The molecule has 1 heterocycles. The molecule has 221 valence electrons. The molecule has 6 nitrogen and oxygen atoms in total. The van der Waals surface area contributed by atoms with Crippen molar-refractivity contribution in [2.75, 3.05) is 13.2 Å². The van der Waals surface area contributed by atoms with Gasteiger partial charge in [0.25, 0.3) is 0 Å². The van der Waals surface area contributed by atoms with Crippen molar-refractivity contribution in [2.45, 2.75) is 147 Å². The van der Waals surface area contributed by atoms with Crippen molar-refractivity contribution in [1.82, 2.24) is 0 Å². The van der Waals surface area contributed by atoms with E-state index in [1.54, 1.807) is 0 Å². The Hall–Kier alpha value is 2.16. The molecule has 1 aliphatic heterocycles. The van der Waals surface area contributed by atoms with Crippen molar-refractivity contribution in [2.24, 2.45) is 0 Å². The fourth-order valence-corrected chi connectivity index (χ4v) is 15.0. The third-order valence-electron chi connectivity index (χ3n) is 9.15. The molecule has 0 amide bonds. The average molecular weight is 747 g/mol. The third kappa shape index (κ3) is 10.1. The molecule has 0 bridgehead atoms. The monoisotopic (exact) mass is 746 g/mol. The number of hydrogen-bond donors (Lipinski definition) is 1. The van der Waals surface area contributed by atoms with E-state index in [-0.39, 0.29) is 55.7 Å². The number of hydrogen-bond acceptors (Lipinski definition) is 6. The molecule has 1 rings (SSSR count). The summed E-state index contributed by atoms with van der Waals surface area (Å²) < 4.78 is 42.2. The molecule has 1 fully saturated rings. The Morgan fingerprint density at radius 1 is 0.676 bits per heavy atom. The van der Waals surface area contributed by atoms with Gasteiger partial charge in [0.1, 0.15) is 30.5 Å². The molecule has 0 spiro atoms. The first kappa shape index (κ1) is 37.2. The standard InChI is InChI=1S/C25H56IO6PSi3.V/c1-10-34(11-2,12-3)30-23-21(19-27)29-22(20-28-33-26)24(31-35(13-4,14-5)15-6)25(23)32-36(16-7,17-8)18-9;/h21-25,27,33H,10-20H2,1-9H3;/t21?,22-,23+,24+,25-;/m1./s1/i27D;. The van der Waals surface area contributed by atoms with Crippen molar-refractivity contribution in [1.29, 1.82) is 1.43 Å². The van der Waals surface area contributed by atoms with Gasteiger partial charge in [0.05, 0.1) is 19.7 Å². The van der Waals surface area contributed by atoms with E-state index in [0.29, 0.717) is 13.1 Å². The van der Waals surface area contributed by atoms with Crippen molar-refractivity contribution < 1.29 is 46.2 Å². The topological polar surface area (TPSA) is 66.4 Å². The second kappa shape index (κ2) is 19.4. The van der Waals surface area contributed by atoms with E-state index in [9.17, 15) is 0 Å². The van der Waals surface area contributed by atoms with E-state index in [4.69, 9.17) is 29.1 Å². The van der Waals surface area contributed by atoms with Crippen LogP contribution in [0.4, 0.5) is 0 Å². The summed E-state index contributed by atoms with van der Waals surface area (Å²) in [6, 6.07) is 9.48. The van der Waals surface area contributed by atoms with Crippen molar-refractivity contribution in [3.63, 3.8) is 0 Å². The number of aliphatic hydroxyl groups excluding tert-OH is 1. The molecule has 1 saturated heterocycles. The minimum Gasteiger partial charge on any atom is -0.409 e. The van der Waals surface area contributed by atoms with Crippen LogP contribution in [0.2, 0.25) is 54.4 Å². The second-order valence-electron chi connectivity index (χ2n) is 10.2. The molecule has 0 aliphatic carbocycles. The van der Waals surface area contributed by atoms with Gasteiger partial charge in [-0.05, 0) is 76.4 Å². The van der Waals surface area contributed by atoms with E-state index in [2.05, 4.69) is 84.4 Å². The zero-order valence-electron chi connectivity index (χ0n) is 25.9. The third-order valence-corrected chi connectivity index (χ3v) is 24.3. The molecule has 0 saturated carbocycles. The smallest absolute Gasteiger partial charge is 0.210 e. The van der Waals surface area contributed by atoms with Crippen LogP contribution >= 0.6 is 28.5 Å². The molecule has 2 unspecified atom stereocenters. The van der Waals surface area contributed by atoms with Crippen molar-refractivity contribution in [3.8, 4) is 0 Å². The molecule has 12 heteroatoms. The van der Waals surface area contributed by atoms with Gasteiger partial charge in [-0.25, -0.2) is 0 Å². The first-order valence-corrected chi connectivity index (χ1v) is 26.1. The van der Waals surface area contributed by atoms with E-state index in [1.165, 1.54) is 0 Å². The average Bonchev–Trinajstić information content (AvgIpc) is 2.94. The minimum absolute atomic E-state index is 0. The Bertz CT molecular complexity index is 599. The Labute approximate surface area is 259 Å². The number of ether oxygens (including phenoxy) is 1. The maximum absolute atomic E-state index is 7.62. The van der Waals surface area contributed by atoms with Crippen LogP contribution in [0.15, 0.2) is 0 Å². The molecular formula is C25H56IO6PSi3V. The summed E-state index contributed by atoms with van der Waals surface area (Å²) in [4.78, 5) is 0. The normalized spacial score (nSPS) is 25.9. The van der Waals surface area contributed by atoms with Gasteiger partial charge in [-0.1, -0.05) is 62.3 Å². The van der Waals surface area contributed by atoms with Crippen molar-refractivity contribution >= 4 is 53.4 Å². The van der Waals surface area contributed by atoms with Crippen molar-refractivity contribution in [3.05, 3.63) is 0 Å². The molecule has 0 aromatic heterocycles.